The summed E-state index contributed by atoms with van der Waals surface area (Å²) in [7, 11) is 0. The second-order valence-corrected chi connectivity index (χ2v) is 6.63. The Hall–Kier alpha value is -2.95. The summed E-state index contributed by atoms with van der Waals surface area (Å²) in [6.45, 7) is 0. The highest BCUT2D eigenvalue weighted by Gasteiger charge is 2.29. The van der Waals surface area contributed by atoms with Crippen LogP contribution in [0, 0.1) is 5.92 Å². The van der Waals surface area contributed by atoms with Gasteiger partial charge in [0.15, 0.2) is 5.76 Å². The minimum atomic E-state index is -0.193. The first-order valence-electron chi connectivity index (χ1n) is 8.91. The fraction of sp³-hybridized carbons (Fsp3) is 0.286. The van der Waals surface area contributed by atoms with E-state index in [1.54, 1.807) is 48.8 Å². The molecule has 0 unspecified atom stereocenters. The van der Waals surface area contributed by atoms with Gasteiger partial charge in [0.25, 0.3) is 0 Å². The third kappa shape index (κ3) is 3.38. The van der Waals surface area contributed by atoms with Crippen LogP contribution in [0.4, 0.5) is 0 Å². The number of aromatic nitrogens is 1. The Morgan fingerprint density at radius 1 is 1.12 bits per heavy atom. The van der Waals surface area contributed by atoms with Crippen molar-refractivity contribution in [1.29, 1.82) is 0 Å². The molecule has 0 bridgehead atoms. The number of Topliss-reactive ketones (excluding diaryl/α,β-unsaturated/α-hetero) is 1. The molecule has 0 saturated heterocycles. The van der Waals surface area contributed by atoms with Gasteiger partial charge in [0.1, 0.15) is 11.5 Å². The van der Waals surface area contributed by atoms with Crippen LogP contribution in [-0.2, 0) is 4.79 Å². The number of ketones is 1. The van der Waals surface area contributed by atoms with Crippen LogP contribution >= 0.6 is 0 Å². The van der Waals surface area contributed by atoms with Crippen molar-refractivity contribution in [2.24, 2.45) is 5.92 Å². The van der Waals surface area contributed by atoms with Crippen molar-refractivity contribution < 1.29 is 19.1 Å². The minimum Gasteiger partial charge on any atom is -0.452 e. The summed E-state index contributed by atoms with van der Waals surface area (Å²) in [5, 5.41) is 0. The molecule has 2 aromatic rings. The monoisotopic (exact) mass is 349 g/mol. The molecular weight excluding hydrogens is 330 g/mol. The highest BCUT2D eigenvalue weighted by molar-refractivity contribution is 6.14. The van der Waals surface area contributed by atoms with E-state index in [2.05, 4.69) is 4.98 Å². The third-order valence-corrected chi connectivity index (χ3v) is 4.80. The van der Waals surface area contributed by atoms with Crippen molar-refractivity contribution in [3.63, 3.8) is 0 Å². The topological polar surface area (TPSA) is 65.5 Å². The minimum absolute atomic E-state index is 0.0262. The molecule has 0 radical (unpaired) electrons. The predicted molar refractivity (Wildman–Crippen MR) is 95.8 cm³/mol. The molecule has 1 aliphatic heterocycles. The zero-order valence-corrected chi connectivity index (χ0v) is 14.3. The van der Waals surface area contributed by atoms with Gasteiger partial charge in [0.05, 0.1) is 11.5 Å². The maximum atomic E-state index is 12.5. The van der Waals surface area contributed by atoms with E-state index in [0.717, 1.165) is 31.2 Å². The average Bonchev–Trinajstić information content (AvgIpc) is 2.98. The van der Waals surface area contributed by atoms with Crippen molar-refractivity contribution >= 4 is 17.8 Å². The standard InChI is InChI=1S/C21H19NO4/c23-20-17-7-6-16(25-21(24)15-4-2-1-3-5-15)13-18(17)26-19(20)12-14-8-10-22-11-9-14/h6-13,15H,1-5H2. The summed E-state index contributed by atoms with van der Waals surface area (Å²) in [5.74, 6) is 0.689. The van der Waals surface area contributed by atoms with Gasteiger partial charge in [-0.05, 0) is 48.7 Å². The Kier molecular flexibility index (Phi) is 4.52. The number of pyridine rings is 1. The second-order valence-electron chi connectivity index (χ2n) is 6.63. The molecule has 1 fully saturated rings. The van der Waals surface area contributed by atoms with Gasteiger partial charge in [-0.25, -0.2) is 0 Å². The lowest BCUT2D eigenvalue weighted by molar-refractivity contribution is -0.139. The highest BCUT2D eigenvalue weighted by atomic mass is 16.5. The number of carbonyl (C=O) groups is 2. The first kappa shape index (κ1) is 16.5. The number of rotatable bonds is 3. The van der Waals surface area contributed by atoms with E-state index < -0.39 is 0 Å². The van der Waals surface area contributed by atoms with Crippen LogP contribution in [0.15, 0.2) is 48.5 Å². The average molecular weight is 349 g/mol. The van der Waals surface area contributed by atoms with Gasteiger partial charge in [-0.3, -0.25) is 14.6 Å². The van der Waals surface area contributed by atoms with Crippen molar-refractivity contribution in [3.8, 4) is 11.5 Å². The molecule has 2 aliphatic rings. The Balaban J connectivity index is 1.50. The van der Waals surface area contributed by atoms with E-state index >= 15 is 0 Å². The van der Waals surface area contributed by atoms with E-state index in [-0.39, 0.29) is 23.4 Å². The smallest absolute Gasteiger partial charge is 0.314 e. The lowest BCUT2D eigenvalue weighted by Gasteiger charge is -2.19. The number of esters is 1. The van der Waals surface area contributed by atoms with Gasteiger partial charge in [-0.2, -0.15) is 0 Å². The van der Waals surface area contributed by atoms with Gasteiger partial charge in [0.2, 0.25) is 5.78 Å². The molecule has 1 saturated carbocycles. The van der Waals surface area contributed by atoms with Gasteiger partial charge in [-0.1, -0.05) is 19.3 Å². The molecule has 26 heavy (non-hydrogen) atoms. The van der Waals surface area contributed by atoms with Crippen molar-refractivity contribution in [2.75, 3.05) is 0 Å². The largest absolute Gasteiger partial charge is 0.452 e. The SMILES string of the molecule is O=C1C(=Cc2ccncc2)Oc2cc(OC(=O)C3CCCCC3)ccc21. The quantitative estimate of drug-likeness (QED) is 0.472. The van der Waals surface area contributed by atoms with Gasteiger partial charge < -0.3 is 9.47 Å². The van der Waals surface area contributed by atoms with Crippen LogP contribution in [0.1, 0.15) is 48.0 Å². The molecule has 0 spiro atoms. The number of carbonyl (C=O) groups excluding carboxylic acids is 2. The Labute approximate surface area is 151 Å². The Morgan fingerprint density at radius 3 is 2.65 bits per heavy atom. The first-order valence-corrected chi connectivity index (χ1v) is 8.91. The van der Waals surface area contributed by atoms with Gasteiger partial charge in [-0.15, -0.1) is 0 Å². The molecule has 1 aromatic heterocycles. The number of hydrogen-bond donors (Lipinski definition) is 0. The zero-order valence-electron chi connectivity index (χ0n) is 14.3. The maximum absolute atomic E-state index is 12.5. The molecule has 0 atom stereocenters. The second kappa shape index (κ2) is 7.12. The number of fused-ring (bicyclic) bond motifs is 1. The summed E-state index contributed by atoms with van der Waals surface area (Å²) < 4.78 is 11.2. The van der Waals surface area contributed by atoms with Crippen LogP contribution in [0.25, 0.3) is 6.08 Å². The molecule has 5 heteroatoms. The van der Waals surface area contributed by atoms with E-state index in [0.29, 0.717) is 17.1 Å². The maximum Gasteiger partial charge on any atom is 0.314 e. The van der Waals surface area contributed by atoms with Crippen molar-refractivity contribution in [1.82, 2.24) is 4.98 Å². The van der Waals surface area contributed by atoms with Gasteiger partial charge >= 0.3 is 5.97 Å². The molecule has 132 valence electrons. The molecule has 1 aromatic carbocycles. The van der Waals surface area contributed by atoms with Crippen LogP contribution in [-0.4, -0.2) is 16.7 Å². The molecule has 0 N–H and O–H groups in total. The fourth-order valence-electron chi connectivity index (χ4n) is 3.38. The van der Waals surface area contributed by atoms with E-state index in [9.17, 15) is 9.59 Å². The number of hydrogen-bond acceptors (Lipinski definition) is 5. The summed E-state index contributed by atoms with van der Waals surface area (Å²) in [6.07, 6.45) is 10.1. The van der Waals surface area contributed by atoms with E-state index in [1.807, 2.05) is 0 Å². The van der Waals surface area contributed by atoms with Crippen molar-refractivity contribution in [2.45, 2.75) is 32.1 Å². The normalized spacial score (nSPS) is 18.5. The fourth-order valence-corrected chi connectivity index (χ4v) is 3.38. The van der Waals surface area contributed by atoms with Crippen LogP contribution in [0.2, 0.25) is 0 Å². The molecule has 0 amide bonds. The molecule has 1 aliphatic carbocycles. The number of benzene rings is 1. The molecule has 4 rings (SSSR count). The Morgan fingerprint density at radius 2 is 1.88 bits per heavy atom. The van der Waals surface area contributed by atoms with Crippen LogP contribution in [0.5, 0.6) is 11.5 Å². The lowest BCUT2D eigenvalue weighted by Crippen LogP contribution is -2.22. The van der Waals surface area contributed by atoms with Crippen LogP contribution in [0.3, 0.4) is 0 Å². The molecular formula is C21H19NO4. The molecule has 2 heterocycles. The van der Waals surface area contributed by atoms with E-state index in [1.165, 1.54) is 6.42 Å². The van der Waals surface area contributed by atoms with Gasteiger partial charge in [0, 0.05) is 18.5 Å². The van der Waals surface area contributed by atoms with Crippen LogP contribution < -0.4 is 9.47 Å². The van der Waals surface area contributed by atoms with Crippen molar-refractivity contribution in [3.05, 3.63) is 59.6 Å². The zero-order chi connectivity index (χ0) is 17.9. The Bertz CT molecular complexity index is 867. The first-order chi connectivity index (χ1) is 12.7. The summed E-state index contributed by atoms with van der Waals surface area (Å²) >= 11 is 0. The predicted octanol–water partition coefficient (Wildman–Crippen LogP) is 4.18. The third-order valence-electron chi connectivity index (χ3n) is 4.80. The number of allylic oxidation sites excluding steroid dienone is 1. The van der Waals surface area contributed by atoms with E-state index in [4.69, 9.17) is 9.47 Å². The highest BCUT2D eigenvalue weighted by Crippen LogP contribution is 2.35. The summed E-state index contributed by atoms with van der Waals surface area (Å²) in [6, 6.07) is 8.50. The lowest BCUT2D eigenvalue weighted by atomic mass is 9.89. The number of ether oxygens (including phenoxy) is 2. The molecule has 5 nitrogen and oxygen atoms in total. The number of nitrogens with zero attached hydrogens (tertiary/aromatic N) is 1. The summed E-state index contributed by atoms with van der Waals surface area (Å²) in [4.78, 5) is 28.7. The summed E-state index contributed by atoms with van der Waals surface area (Å²) in [5.41, 5.74) is 1.31.